The molecule has 2 nitrogen and oxygen atoms in total. The number of aromatic nitrogens is 1. The average Bonchev–Trinajstić information content (AvgIpc) is 2.80. The number of nitrogens with one attached hydrogen (secondary N) is 2. The number of hydrogen-bond donors (Lipinski definition) is 2. The van der Waals surface area contributed by atoms with E-state index in [0.29, 0.717) is 5.41 Å². The number of hydrogen-bond acceptors (Lipinski definition) is 1. The van der Waals surface area contributed by atoms with Crippen LogP contribution in [0.15, 0.2) is 18.2 Å². The number of aryl methyl sites for hydroxylation is 2. The number of aromatic amines is 1. The number of H-pyrrole nitrogens is 1. The Morgan fingerprint density at radius 2 is 2.00 bits per heavy atom. The quantitative estimate of drug-likeness (QED) is 0.873. The lowest BCUT2D eigenvalue weighted by molar-refractivity contribution is 0.239. The molecular weight excluding hydrogens is 244 g/mol. The molecule has 1 heterocycles. The fraction of sp³-hybridized carbons (Fsp3) is 0.556. The van der Waals surface area contributed by atoms with Crippen LogP contribution >= 0.6 is 0 Å². The molecule has 2 aliphatic carbocycles. The van der Waals surface area contributed by atoms with Crippen molar-refractivity contribution < 1.29 is 0 Å². The molecule has 0 bridgehead atoms. The predicted molar refractivity (Wildman–Crippen MR) is 84.4 cm³/mol. The first kappa shape index (κ1) is 12.5. The van der Waals surface area contributed by atoms with E-state index in [1.165, 1.54) is 61.5 Å². The summed E-state index contributed by atoms with van der Waals surface area (Å²) in [4.78, 5) is 3.65. The number of likely N-dealkylation sites (N-methyl/N-ethyl adjacent to an activating group) is 1. The highest BCUT2D eigenvalue weighted by molar-refractivity contribution is 5.86. The summed E-state index contributed by atoms with van der Waals surface area (Å²) in [6.07, 6.45) is 9.25. The van der Waals surface area contributed by atoms with Crippen molar-refractivity contribution in [1.82, 2.24) is 10.3 Å². The maximum atomic E-state index is 3.65. The molecule has 2 N–H and O–H groups in total. The molecule has 1 fully saturated rings. The van der Waals surface area contributed by atoms with E-state index < -0.39 is 0 Å². The van der Waals surface area contributed by atoms with E-state index >= 15 is 0 Å². The van der Waals surface area contributed by atoms with Crippen LogP contribution in [-0.2, 0) is 18.3 Å². The Morgan fingerprint density at radius 1 is 1.15 bits per heavy atom. The summed E-state index contributed by atoms with van der Waals surface area (Å²) in [5.74, 6) is 0. The topological polar surface area (TPSA) is 27.8 Å². The normalized spacial score (nSPS) is 20.6. The van der Waals surface area contributed by atoms with Gasteiger partial charge in [-0.3, -0.25) is 0 Å². The molecule has 0 unspecified atom stereocenters. The summed E-state index contributed by atoms with van der Waals surface area (Å²) in [6.45, 7) is 1.12. The van der Waals surface area contributed by atoms with Gasteiger partial charge in [0.2, 0.25) is 0 Å². The molecule has 0 saturated heterocycles. The third-order valence-corrected chi connectivity index (χ3v) is 5.54. The smallest absolute Gasteiger partial charge is 0.0459 e. The lowest BCUT2D eigenvalue weighted by Gasteiger charge is -2.42. The van der Waals surface area contributed by atoms with Gasteiger partial charge < -0.3 is 10.3 Å². The van der Waals surface area contributed by atoms with Gasteiger partial charge in [0.05, 0.1) is 0 Å². The van der Waals surface area contributed by atoms with Gasteiger partial charge in [-0.15, -0.1) is 0 Å². The maximum Gasteiger partial charge on any atom is 0.0459 e. The minimum atomic E-state index is 0.405. The summed E-state index contributed by atoms with van der Waals surface area (Å²) < 4.78 is 0. The standard InChI is InChI=1S/C18H24N2/c1-19-12-18(9-4-10-18)13-7-8-17-15(11-13)14-5-2-3-6-16(14)20-17/h7-8,11,19-20H,2-6,9-10,12H2,1H3. The fourth-order valence-electron chi connectivity index (χ4n) is 4.25. The summed E-state index contributed by atoms with van der Waals surface area (Å²) in [6, 6.07) is 7.17. The van der Waals surface area contributed by atoms with Crippen molar-refractivity contribution >= 4 is 10.9 Å². The van der Waals surface area contributed by atoms with Crippen molar-refractivity contribution in [3.8, 4) is 0 Å². The number of benzene rings is 1. The van der Waals surface area contributed by atoms with Crippen molar-refractivity contribution in [2.75, 3.05) is 13.6 Å². The Kier molecular flexibility index (Phi) is 2.88. The van der Waals surface area contributed by atoms with Gasteiger partial charge in [-0.05, 0) is 68.8 Å². The molecule has 0 aliphatic heterocycles. The van der Waals surface area contributed by atoms with Crippen LogP contribution < -0.4 is 5.32 Å². The minimum Gasteiger partial charge on any atom is -0.358 e. The lowest BCUT2D eigenvalue weighted by atomic mass is 9.64. The summed E-state index contributed by atoms with van der Waals surface area (Å²) >= 11 is 0. The molecule has 2 heteroatoms. The Labute approximate surface area is 121 Å². The van der Waals surface area contributed by atoms with E-state index in [2.05, 4.69) is 35.5 Å². The largest absolute Gasteiger partial charge is 0.358 e. The second-order valence-corrected chi connectivity index (χ2v) is 6.71. The van der Waals surface area contributed by atoms with E-state index in [0.717, 1.165) is 6.54 Å². The van der Waals surface area contributed by atoms with Gasteiger partial charge in [-0.2, -0.15) is 0 Å². The van der Waals surface area contributed by atoms with Crippen LogP contribution in [0.5, 0.6) is 0 Å². The van der Waals surface area contributed by atoms with E-state index in [-0.39, 0.29) is 0 Å². The van der Waals surface area contributed by atoms with Gasteiger partial charge in [0.25, 0.3) is 0 Å². The molecule has 1 aromatic heterocycles. The van der Waals surface area contributed by atoms with Gasteiger partial charge in [0.15, 0.2) is 0 Å². The minimum absolute atomic E-state index is 0.405. The van der Waals surface area contributed by atoms with Gasteiger partial charge >= 0.3 is 0 Å². The van der Waals surface area contributed by atoms with Crippen LogP contribution in [0.1, 0.15) is 48.9 Å². The van der Waals surface area contributed by atoms with Gasteiger partial charge in [0.1, 0.15) is 0 Å². The van der Waals surface area contributed by atoms with E-state index in [9.17, 15) is 0 Å². The second-order valence-electron chi connectivity index (χ2n) is 6.71. The molecule has 20 heavy (non-hydrogen) atoms. The highest BCUT2D eigenvalue weighted by atomic mass is 14.8. The fourth-order valence-corrected chi connectivity index (χ4v) is 4.25. The van der Waals surface area contributed by atoms with Crippen molar-refractivity contribution in [1.29, 1.82) is 0 Å². The zero-order valence-corrected chi connectivity index (χ0v) is 12.4. The number of rotatable bonds is 3. The van der Waals surface area contributed by atoms with E-state index in [4.69, 9.17) is 0 Å². The van der Waals surface area contributed by atoms with Gasteiger partial charge in [0, 0.05) is 28.6 Å². The SMILES string of the molecule is CNCC1(c2ccc3[nH]c4c(c3c2)CCCC4)CCC1. The average molecular weight is 268 g/mol. The molecule has 1 aromatic carbocycles. The zero-order chi connectivity index (χ0) is 13.6. The monoisotopic (exact) mass is 268 g/mol. The first-order chi connectivity index (χ1) is 9.82. The van der Waals surface area contributed by atoms with Gasteiger partial charge in [-0.25, -0.2) is 0 Å². The van der Waals surface area contributed by atoms with Crippen LogP contribution in [0.3, 0.4) is 0 Å². The van der Waals surface area contributed by atoms with Crippen LogP contribution in [0.25, 0.3) is 10.9 Å². The first-order valence-electron chi connectivity index (χ1n) is 8.11. The Morgan fingerprint density at radius 3 is 2.75 bits per heavy atom. The lowest BCUT2D eigenvalue weighted by Crippen LogP contribution is -2.42. The summed E-state index contributed by atoms with van der Waals surface area (Å²) in [5.41, 5.74) is 6.41. The van der Waals surface area contributed by atoms with E-state index in [1.54, 1.807) is 11.1 Å². The molecule has 0 radical (unpaired) electrons. The third kappa shape index (κ3) is 1.74. The highest BCUT2D eigenvalue weighted by Crippen LogP contribution is 2.44. The molecule has 1 saturated carbocycles. The molecule has 4 rings (SSSR count). The molecule has 0 amide bonds. The molecule has 106 valence electrons. The molecule has 2 aliphatic rings. The molecular formula is C18H24N2. The molecule has 0 spiro atoms. The Balaban J connectivity index is 1.81. The van der Waals surface area contributed by atoms with E-state index in [1.807, 2.05) is 0 Å². The van der Waals surface area contributed by atoms with Crippen molar-refractivity contribution in [2.45, 2.75) is 50.4 Å². The third-order valence-electron chi connectivity index (χ3n) is 5.54. The van der Waals surface area contributed by atoms with Crippen LogP contribution in [-0.4, -0.2) is 18.6 Å². The predicted octanol–water partition coefficient (Wildman–Crippen LogP) is 3.69. The molecule has 0 atom stereocenters. The highest BCUT2D eigenvalue weighted by Gasteiger charge is 2.38. The second kappa shape index (κ2) is 4.63. The van der Waals surface area contributed by atoms with Crippen molar-refractivity contribution in [3.63, 3.8) is 0 Å². The van der Waals surface area contributed by atoms with Gasteiger partial charge in [-0.1, -0.05) is 12.5 Å². The Bertz CT molecular complexity index is 634. The Hall–Kier alpha value is -1.28. The zero-order valence-electron chi connectivity index (χ0n) is 12.4. The summed E-state index contributed by atoms with van der Waals surface area (Å²) in [5, 5.41) is 4.90. The first-order valence-corrected chi connectivity index (χ1v) is 8.11. The maximum absolute atomic E-state index is 3.65. The van der Waals surface area contributed by atoms with Crippen LogP contribution in [0, 0.1) is 0 Å². The van der Waals surface area contributed by atoms with Crippen molar-refractivity contribution in [2.24, 2.45) is 0 Å². The van der Waals surface area contributed by atoms with Crippen molar-refractivity contribution in [3.05, 3.63) is 35.0 Å². The van der Waals surface area contributed by atoms with Crippen LogP contribution in [0.2, 0.25) is 0 Å². The number of fused-ring (bicyclic) bond motifs is 3. The molecule has 2 aromatic rings. The summed E-state index contributed by atoms with van der Waals surface area (Å²) in [7, 11) is 2.08. The van der Waals surface area contributed by atoms with Crippen LogP contribution in [0.4, 0.5) is 0 Å².